The normalized spacial score (nSPS) is 19.9. The lowest BCUT2D eigenvalue weighted by atomic mass is 9.33. The van der Waals surface area contributed by atoms with Crippen LogP contribution in [0.5, 0.6) is 0 Å². The lowest BCUT2D eigenvalue weighted by Crippen LogP contribution is -2.62. The standard InChI is InChI=1S/C50H40BN3O/c1-49(2,3)29-24-25-38-36(26-29)51-35-18-13-21-40-47(35)54(39-20-11-16-33-31-14-7-9-19-37(31)53(40)46(33)39)43-28-30(50(4,5)6)27-42(45(43)51)52(38)41-22-12-17-34-32-15-8-10-23-44(32)55-48(34)41/h7-28H,1-6H3/i7D,8D,9D,10D,11D,12D,13D,14D,15D,16D,17D,18D,19D,20D,21D,22D,23D,24D,25D,26D,27D,28D. The molecular formula is C50H40BN3O. The lowest BCUT2D eigenvalue weighted by Gasteiger charge is -2.47. The Labute approximate surface area is 352 Å². The van der Waals surface area contributed by atoms with E-state index in [2.05, 4.69) is 0 Å². The maximum atomic E-state index is 10.4. The predicted octanol–water partition coefficient (Wildman–Crippen LogP) is 11.7. The Bertz CT molecular complexity index is 4420. The van der Waals surface area contributed by atoms with Gasteiger partial charge in [0.2, 0.25) is 0 Å². The van der Waals surface area contributed by atoms with Crippen molar-refractivity contribution in [3.8, 4) is 5.69 Å². The first-order valence-electron chi connectivity index (χ1n) is 28.8. The highest BCUT2D eigenvalue weighted by molar-refractivity contribution is 7.00. The van der Waals surface area contributed by atoms with Crippen molar-refractivity contribution in [2.24, 2.45) is 0 Å². The van der Waals surface area contributed by atoms with Crippen LogP contribution in [0.15, 0.2) is 137 Å². The highest BCUT2D eigenvalue weighted by atomic mass is 16.3. The van der Waals surface area contributed by atoms with Gasteiger partial charge in [-0.1, -0.05) is 126 Å². The van der Waals surface area contributed by atoms with Crippen LogP contribution in [0.3, 0.4) is 0 Å². The number of para-hydroxylation sites is 5. The second-order valence-electron chi connectivity index (χ2n) is 16.1. The Morgan fingerprint density at radius 2 is 1.16 bits per heavy atom. The summed E-state index contributed by atoms with van der Waals surface area (Å²) in [6.45, 7) is 8.55. The molecule has 4 nitrogen and oxygen atoms in total. The number of hydrogen-bond acceptors (Lipinski definition) is 3. The van der Waals surface area contributed by atoms with Gasteiger partial charge in [-0.05, 0) is 86.7 Å². The van der Waals surface area contributed by atoms with E-state index in [0.717, 1.165) is 4.90 Å². The van der Waals surface area contributed by atoms with Gasteiger partial charge in [0.15, 0.2) is 5.58 Å². The lowest BCUT2D eigenvalue weighted by molar-refractivity contribution is 0.590. The minimum Gasteiger partial charge on any atom is -0.454 e. The van der Waals surface area contributed by atoms with Crippen LogP contribution in [0.1, 0.15) is 82.8 Å². The molecule has 0 saturated carbocycles. The Hall–Kier alpha value is -6.20. The SMILES string of the molecule is [2H]c1c([2H])c2c3c(c1[2H])-n1c4c([2H])c([2H])c([2H])c([2H])c4c4c([2H])c([2H])c([2H])c(c41)N3c1c([2H])c(C(C)(C)C)c([2H])c3c1B2c1c([2H])c(C(C)(C)C)c([2H])c([2H])c1N3c1c([2H])c([2H])c([2H])c2c1oc1c([2H])c([2H])c([2H])c([2H])c12. The van der Waals surface area contributed by atoms with Gasteiger partial charge in [-0.2, -0.15) is 0 Å². The van der Waals surface area contributed by atoms with Gasteiger partial charge in [0.05, 0.1) is 63.9 Å². The monoisotopic (exact) mass is 731 g/mol. The fourth-order valence-corrected chi connectivity index (χ4v) is 8.21. The van der Waals surface area contributed by atoms with Crippen LogP contribution in [0.2, 0.25) is 0 Å². The molecule has 0 amide bonds. The van der Waals surface area contributed by atoms with E-state index >= 15 is 0 Å². The molecule has 55 heavy (non-hydrogen) atoms. The van der Waals surface area contributed by atoms with E-state index in [1.165, 1.54) is 9.47 Å². The molecule has 0 fully saturated rings. The van der Waals surface area contributed by atoms with Gasteiger partial charge >= 0.3 is 0 Å². The van der Waals surface area contributed by atoms with Gasteiger partial charge in [-0.25, -0.2) is 0 Å². The van der Waals surface area contributed by atoms with E-state index in [4.69, 9.17) is 12.6 Å². The van der Waals surface area contributed by atoms with Crippen LogP contribution >= 0.6 is 0 Å². The van der Waals surface area contributed by atoms with E-state index in [1.807, 2.05) is 0 Å². The van der Waals surface area contributed by atoms with Gasteiger partial charge in [-0.15, -0.1) is 0 Å². The summed E-state index contributed by atoms with van der Waals surface area (Å²) in [5.74, 6) is 0. The van der Waals surface area contributed by atoms with Crippen molar-refractivity contribution in [1.82, 2.24) is 4.57 Å². The van der Waals surface area contributed by atoms with Gasteiger partial charge < -0.3 is 18.8 Å². The van der Waals surface area contributed by atoms with Crippen molar-refractivity contribution in [1.29, 1.82) is 0 Å². The third-order valence-corrected chi connectivity index (χ3v) is 10.7. The molecule has 7 aromatic carbocycles. The average Bonchev–Trinajstić information content (AvgIpc) is 4.19. The fraction of sp³-hybridized carbons (Fsp3) is 0.160. The van der Waals surface area contributed by atoms with E-state index < -0.39 is 167 Å². The number of hydrogen-bond donors (Lipinski definition) is 0. The molecule has 264 valence electrons. The van der Waals surface area contributed by atoms with Crippen LogP contribution < -0.4 is 26.2 Å². The maximum Gasteiger partial charge on any atom is 0.252 e. The average molecular weight is 732 g/mol. The van der Waals surface area contributed by atoms with Crippen molar-refractivity contribution >= 4 is 101 Å². The summed E-state index contributed by atoms with van der Waals surface area (Å²) < 4.78 is 216. The number of furan rings is 1. The van der Waals surface area contributed by atoms with Gasteiger partial charge in [0.25, 0.3) is 6.71 Å². The van der Waals surface area contributed by atoms with Gasteiger partial charge in [0, 0.05) is 38.6 Å². The highest BCUT2D eigenvalue weighted by Crippen LogP contribution is 2.53. The van der Waals surface area contributed by atoms with Gasteiger partial charge in [-0.3, -0.25) is 0 Å². The zero-order valence-electron chi connectivity index (χ0n) is 52.3. The van der Waals surface area contributed by atoms with Crippen molar-refractivity contribution < 1.29 is 34.6 Å². The minimum absolute atomic E-state index is 0.00165. The molecule has 3 aliphatic rings. The molecule has 0 atom stereocenters. The summed E-state index contributed by atoms with van der Waals surface area (Å²) in [6, 6.07) is -14.1. The molecule has 0 saturated heterocycles. The summed E-state index contributed by atoms with van der Waals surface area (Å²) >= 11 is 0. The van der Waals surface area contributed by atoms with E-state index in [9.17, 15) is 21.9 Å². The molecule has 0 N–H and O–H groups in total. The highest BCUT2D eigenvalue weighted by Gasteiger charge is 2.47. The zero-order chi connectivity index (χ0) is 56.3. The second kappa shape index (κ2) is 10.3. The molecule has 0 bridgehead atoms. The van der Waals surface area contributed by atoms with Crippen molar-refractivity contribution in [3.63, 3.8) is 0 Å². The topological polar surface area (TPSA) is 24.6 Å². The Balaban J connectivity index is 1.42. The molecule has 12 rings (SSSR count). The smallest absolute Gasteiger partial charge is 0.252 e. The quantitative estimate of drug-likeness (QED) is 0.157. The number of nitrogens with zero attached hydrogens (tertiary/aromatic N) is 3. The third-order valence-electron chi connectivity index (χ3n) is 10.7. The van der Waals surface area contributed by atoms with E-state index in [1.54, 1.807) is 41.5 Å². The summed E-state index contributed by atoms with van der Waals surface area (Å²) in [5.41, 5.74) is -6.44. The summed E-state index contributed by atoms with van der Waals surface area (Å²) in [4.78, 5) is 2.46. The summed E-state index contributed by atoms with van der Waals surface area (Å²) in [6.07, 6.45) is 0. The van der Waals surface area contributed by atoms with Crippen LogP contribution in [-0.4, -0.2) is 11.3 Å². The van der Waals surface area contributed by atoms with E-state index in [0.29, 0.717) is 0 Å². The molecule has 5 heterocycles. The number of rotatable bonds is 1. The number of aromatic nitrogens is 1. The van der Waals surface area contributed by atoms with Crippen LogP contribution in [0.4, 0.5) is 34.1 Å². The maximum absolute atomic E-state index is 10.4. The molecular weight excluding hydrogens is 669 g/mol. The van der Waals surface area contributed by atoms with Crippen molar-refractivity contribution in [2.45, 2.75) is 52.4 Å². The number of anilines is 6. The molecule has 0 spiro atoms. The summed E-state index contributed by atoms with van der Waals surface area (Å²) in [7, 11) is 0. The minimum atomic E-state index is -1.63. The van der Waals surface area contributed by atoms with Gasteiger partial charge in [0.1, 0.15) is 5.58 Å². The number of benzene rings is 7. The number of fused-ring (bicyclic) bond motifs is 12. The fourth-order valence-electron chi connectivity index (χ4n) is 8.21. The Morgan fingerprint density at radius 3 is 1.96 bits per heavy atom. The third kappa shape index (κ3) is 3.98. The van der Waals surface area contributed by atoms with Crippen molar-refractivity contribution in [3.05, 3.63) is 144 Å². The molecule has 3 aliphatic heterocycles. The summed E-state index contributed by atoms with van der Waals surface area (Å²) in [5, 5.41) is -1.16. The van der Waals surface area contributed by atoms with E-state index in [-0.39, 0.29) is 94.2 Å². The Kier molecular flexibility index (Phi) is 3.12. The molecule has 5 heteroatoms. The van der Waals surface area contributed by atoms with Crippen LogP contribution in [0.25, 0.3) is 49.4 Å². The largest absolute Gasteiger partial charge is 0.454 e. The molecule has 2 aromatic heterocycles. The Morgan fingerprint density at radius 1 is 0.509 bits per heavy atom. The first-order valence-corrected chi connectivity index (χ1v) is 17.8. The second-order valence-corrected chi connectivity index (χ2v) is 16.1. The van der Waals surface area contributed by atoms with Crippen LogP contribution in [0, 0.1) is 0 Å². The molecule has 0 unspecified atom stereocenters. The molecule has 0 aliphatic carbocycles. The first-order chi connectivity index (χ1) is 35.8. The first kappa shape index (κ1) is 16.7. The molecule has 9 aromatic rings. The van der Waals surface area contributed by atoms with Crippen LogP contribution in [-0.2, 0) is 10.8 Å². The molecule has 0 radical (unpaired) electrons. The zero-order valence-corrected chi connectivity index (χ0v) is 30.3. The van der Waals surface area contributed by atoms with Crippen molar-refractivity contribution in [2.75, 3.05) is 9.80 Å². The predicted molar refractivity (Wildman–Crippen MR) is 233 cm³/mol.